The molecule has 0 radical (unpaired) electrons. The van der Waals surface area contributed by atoms with Crippen LogP contribution in [0.1, 0.15) is 54.4 Å². The van der Waals surface area contributed by atoms with Gasteiger partial charge in [0.25, 0.3) is 0 Å². The first-order valence-corrected chi connectivity index (χ1v) is 12.6. The summed E-state index contributed by atoms with van der Waals surface area (Å²) in [6.07, 6.45) is 1.86. The van der Waals surface area contributed by atoms with E-state index in [1.807, 2.05) is 21.9 Å². The highest BCUT2D eigenvalue weighted by atomic mass is 16.5. The lowest BCUT2D eigenvalue weighted by Crippen LogP contribution is -2.42. The Morgan fingerprint density at radius 3 is 1.52 bits per heavy atom. The molecule has 6 heteroatoms. The van der Waals surface area contributed by atoms with E-state index in [4.69, 9.17) is 4.74 Å². The van der Waals surface area contributed by atoms with E-state index in [0.717, 1.165) is 86.4 Å². The van der Waals surface area contributed by atoms with Crippen molar-refractivity contribution >= 4 is 28.8 Å². The fourth-order valence-electron chi connectivity index (χ4n) is 4.55. The number of hydrogen-bond acceptors (Lipinski definition) is 4. The Labute approximate surface area is 199 Å². The van der Waals surface area contributed by atoms with Crippen molar-refractivity contribution in [2.75, 3.05) is 54.0 Å². The number of ether oxygens (including phenoxy) is 1. The van der Waals surface area contributed by atoms with Crippen LogP contribution in [0.25, 0.3) is 0 Å². The summed E-state index contributed by atoms with van der Waals surface area (Å²) in [5, 5.41) is 0. The maximum atomic E-state index is 13.8. The SMILES string of the molecule is CCCN(CCC)C(=O)N1c2ccc(N(CC)CC)cc2Oc2cc(N(CC)CC)ccc21. The highest BCUT2D eigenvalue weighted by molar-refractivity contribution is 6.04. The van der Waals surface area contributed by atoms with Gasteiger partial charge < -0.3 is 19.4 Å². The Balaban J connectivity index is 2.12. The second-order valence-electron chi connectivity index (χ2n) is 8.36. The van der Waals surface area contributed by atoms with Gasteiger partial charge in [-0.2, -0.15) is 0 Å². The number of amides is 2. The van der Waals surface area contributed by atoms with Gasteiger partial charge in [-0.05, 0) is 64.8 Å². The predicted octanol–water partition coefficient (Wildman–Crippen LogP) is 6.86. The third-order valence-electron chi connectivity index (χ3n) is 6.29. The van der Waals surface area contributed by atoms with E-state index in [9.17, 15) is 4.79 Å². The average Bonchev–Trinajstić information content (AvgIpc) is 2.83. The van der Waals surface area contributed by atoms with Crippen molar-refractivity contribution in [3.05, 3.63) is 36.4 Å². The summed E-state index contributed by atoms with van der Waals surface area (Å²) in [5.41, 5.74) is 3.81. The van der Waals surface area contributed by atoms with Gasteiger partial charge in [-0.25, -0.2) is 4.79 Å². The van der Waals surface area contributed by atoms with Gasteiger partial charge in [0.15, 0.2) is 11.5 Å². The van der Waals surface area contributed by atoms with Gasteiger partial charge in [-0.15, -0.1) is 0 Å². The lowest BCUT2D eigenvalue weighted by molar-refractivity contribution is 0.206. The first kappa shape index (κ1) is 24.7. The zero-order valence-electron chi connectivity index (χ0n) is 21.2. The maximum absolute atomic E-state index is 13.8. The Morgan fingerprint density at radius 2 is 1.15 bits per heavy atom. The summed E-state index contributed by atoms with van der Waals surface area (Å²) >= 11 is 0. The number of rotatable bonds is 10. The second-order valence-corrected chi connectivity index (χ2v) is 8.36. The molecule has 0 spiro atoms. The number of anilines is 4. The average molecular weight is 453 g/mol. The van der Waals surface area contributed by atoms with Gasteiger partial charge in [0.2, 0.25) is 0 Å². The van der Waals surface area contributed by atoms with Crippen LogP contribution >= 0.6 is 0 Å². The molecular formula is C27H40N4O2. The normalized spacial score (nSPS) is 12.0. The number of hydrogen-bond donors (Lipinski definition) is 0. The van der Waals surface area contributed by atoms with E-state index in [1.54, 1.807) is 0 Å². The van der Waals surface area contributed by atoms with E-state index in [1.165, 1.54) is 0 Å². The summed E-state index contributed by atoms with van der Waals surface area (Å²) in [6.45, 7) is 18.0. The minimum atomic E-state index is 0.00989. The minimum Gasteiger partial charge on any atom is -0.453 e. The second kappa shape index (κ2) is 11.3. The third-order valence-corrected chi connectivity index (χ3v) is 6.29. The molecule has 2 amide bonds. The molecule has 0 saturated carbocycles. The van der Waals surface area contributed by atoms with Crippen molar-refractivity contribution in [1.82, 2.24) is 4.90 Å². The smallest absolute Gasteiger partial charge is 0.329 e. The first-order valence-electron chi connectivity index (χ1n) is 12.6. The number of fused-ring (bicyclic) bond motifs is 2. The van der Waals surface area contributed by atoms with E-state index < -0.39 is 0 Å². The third kappa shape index (κ3) is 5.05. The minimum absolute atomic E-state index is 0.00989. The predicted molar refractivity (Wildman–Crippen MR) is 140 cm³/mol. The molecule has 0 unspecified atom stereocenters. The molecule has 0 bridgehead atoms. The molecule has 1 heterocycles. The van der Waals surface area contributed by atoms with Gasteiger partial charge in [0.1, 0.15) is 0 Å². The van der Waals surface area contributed by atoms with Crippen molar-refractivity contribution in [1.29, 1.82) is 0 Å². The lowest BCUT2D eigenvalue weighted by Gasteiger charge is -2.36. The quantitative estimate of drug-likeness (QED) is 0.394. The molecule has 0 aromatic heterocycles. The summed E-state index contributed by atoms with van der Waals surface area (Å²) in [7, 11) is 0. The molecule has 1 aliphatic heterocycles. The number of benzene rings is 2. The maximum Gasteiger partial charge on any atom is 0.329 e. The zero-order chi connectivity index (χ0) is 24.0. The summed E-state index contributed by atoms with van der Waals surface area (Å²) in [4.78, 5) is 22.2. The number of urea groups is 1. The molecular weight excluding hydrogens is 412 g/mol. The standard InChI is InChI=1S/C27H40N4O2/c1-7-17-30(18-8-2)27(32)31-23-15-13-21(28(9-3)10-4)19-25(23)33-26-20-22(14-16-24(26)31)29(11-5)12-6/h13-16,19-20H,7-12,17-18H2,1-6H3. The number of nitrogens with zero attached hydrogens (tertiary/aromatic N) is 4. The van der Waals surface area contributed by atoms with Crippen LogP contribution in [-0.2, 0) is 0 Å². The van der Waals surface area contributed by atoms with Gasteiger partial charge in [-0.3, -0.25) is 4.90 Å². The molecule has 0 fully saturated rings. The zero-order valence-corrected chi connectivity index (χ0v) is 21.2. The van der Waals surface area contributed by atoms with Crippen molar-refractivity contribution in [2.45, 2.75) is 54.4 Å². The van der Waals surface area contributed by atoms with Crippen molar-refractivity contribution < 1.29 is 9.53 Å². The van der Waals surface area contributed by atoms with Crippen LogP contribution in [0.2, 0.25) is 0 Å². The number of carbonyl (C=O) groups is 1. The first-order chi connectivity index (χ1) is 16.0. The largest absolute Gasteiger partial charge is 0.453 e. The van der Waals surface area contributed by atoms with Crippen LogP contribution < -0.4 is 19.4 Å². The lowest BCUT2D eigenvalue weighted by atomic mass is 10.1. The Bertz CT molecular complexity index is 870. The van der Waals surface area contributed by atoms with Crippen molar-refractivity contribution in [2.24, 2.45) is 0 Å². The van der Waals surface area contributed by atoms with E-state index in [2.05, 4.69) is 75.6 Å². The molecule has 0 saturated heterocycles. The van der Waals surface area contributed by atoms with Crippen LogP contribution in [0.15, 0.2) is 36.4 Å². The van der Waals surface area contributed by atoms with Crippen LogP contribution in [0.3, 0.4) is 0 Å². The Morgan fingerprint density at radius 1 is 0.727 bits per heavy atom. The van der Waals surface area contributed by atoms with Gasteiger partial charge >= 0.3 is 6.03 Å². The molecule has 1 aliphatic rings. The van der Waals surface area contributed by atoms with Gasteiger partial charge in [0, 0.05) is 62.8 Å². The molecule has 33 heavy (non-hydrogen) atoms. The van der Waals surface area contributed by atoms with Gasteiger partial charge in [-0.1, -0.05) is 13.8 Å². The summed E-state index contributed by atoms with van der Waals surface area (Å²) in [5.74, 6) is 1.45. The van der Waals surface area contributed by atoms with E-state index >= 15 is 0 Å². The molecule has 180 valence electrons. The fourth-order valence-corrected chi connectivity index (χ4v) is 4.55. The molecule has 2 aromatic rings. The van der Waals surface area contributed by atoms with E-state index in [-0.39, 0.29) is 6.03 Å². The van der Waals surface area contributed by atoms with Crippen molar-refractivity contribution in [3.8, 4) is 11.5 Å². The molecule has 0 atom stereocenters. The van der Waals surface area contributed by atoms with Crippen LogP contribution in [0.4, 0.5) is 27.5 Å². The summed E-state index contributed by atoms with van der Waals surface area (Å²) < 4.78 is 6.45. The summed E-state index contributed by atoms with van der Waals surface area (Å²) in [6, 6.07) is 12.4. The topological polar surface area (TPSA) is 39.3 Å². The van der Waals surface area contributed by atoms with Gasteiger partial charge in [0.05, 0.1) is 11.4 Å². The molecule has 6 nitrogen and oxygen atoms in total. The fraction of sp³-hybridized carbons (Fsp3) is 0.519. The van der Waals surface area contributed by atoms with Crippen molar-refractivity contribution in [3.63, 3.8) is 0 Å². The molecule has 2 aromatic carbocycles. The van der Waals surface area contributed by atoms with Crippen LogP contribution in [-0.4, -0.2) is 50.2 Å². The van der Waals surface area contributed by atoms with Crippen LogP contribution in [0, 0.1) is 0 Å². The highest BCUT2D eigenvalue weighted by Crippen LogP contribution is 2.49. The Kier molecular flexibility index (Phi) is 8.48. The highest BCUT2D eigenvalue weighted by Gasteiger charge is 2.32. The molecule has 3 rings (SSSR count). The monoisotopic (exact) mass is 452 g/mol. The molecule has 0 aliphatic carbocycles. The van der Waals surface area contributed by atoms with E-state index in [0.29, 0.717) is 0 Å². The Hall–Kier alpha value is -2.89. The molecule has 0 N–H and O–H groups in total. The van der Waals surface area contributed by atoms with Crippen LogP contribution in [0.5, 0.6) is 11.5 Å². The number of carbonyl (C=O) groups excluding carboxylic acids is 1.